The Bertz CT molecular complexity index is 400. The first-order valence-corrected chi connectivity index (χ1v) is 6.71. The van der Waals surface area contributed by atoms with Crippen LogP contribution in [0.4, 0.5) is 5.69 Å². The van der Waals surface area contributed by atoms with Crippen LogP contribution >= 0.6 is 11.3 Å². The summed E-state index contributed by atoms with van der Waals surface area (Å²) < 4.78 is 0. The first-order chi connectivity index (χ1) is 8.45. The molecule has 0 aliphatic heterocycles. The Balaban J connectivity index is 1.52. The molecule has 2 aromatic rings. The number of thiazole rings is 1. The monoisotopic (exact) mass is 247 g/mol. The van der Waals surface area contributed by atoms with Gasteiger partial charge in [0.2, 0.25) is 0 Å². The summed E-state index contributed by atoms with van der Waals surface area (Å²) in [5, 5.41) is 9.98. The highest BCUT2D eigenvalue weighted by Gasteiger charge is 1.94. The van der Waals surface area contributed by atoms with Crippen molar-refractivity contribution >= 4 is 17.0 Å². The first kappa shape index (κ1) is 12.1. The molecule has 1 heterocycles. The highest BCUT2D eigenvalue weighted by Crippen LogP contribution is 2.04. The molecular weight excluding hydrogens is 230 g/mol. The number of nitrogens with one attached hydrogen (secondary N) is 2. The third-order valence-electron chi connectivity index (χ3n) is 2.40. The first-order valence-electron chi connectivity index (χ1n) is 5.83. The second-order valence-corrected chi connectivity index (χ2v) is 4.70. The number of benzene rings is 1. The van der Waals surface area contributed by atoms with Gasteiger partial charge in [-0.05, 0) is 12.1 Å². The van der Waals surface area contributed by atoms with Crippen LogP contribution in [-0.2, 0) is 6.42 Å². The zero-order valence-corrected chi connectivity index (χ0v) is 10.5. The zero-order chi connectivity index (χ0) is 11.8. The van der Waals surface area contributed by atoms with Gasteiger partial charge in [0.15, 0.2) is 0 Å². The van der Waals surface area contributed by atoms with Crippen molar-refractivity contribution < 1.29 is 0 Å². The Morgan fingerprint density at radius 3 is 2.71 bits per heavy atom. The van der Waals surface area contributed by atoms with Crippen LogP contribution in [0.3, 0.4) is 0 Å². The van der Waals surface area contributed by atoms with E-state index in [-0.39, 0.29) is 0 Å². The van der Waals surface area contributed by atoms with E-state index in [4.69, 9.17) is 0 Å². The van der Waals surface area contributed by atoms with Crippen LogP contribution < -0.4 is 10.6 Å². The van der Waals surface area contributed by atoms with E-state index in [0.717, 1.165) is 26.1 Å². The fourth-order valence-electron chi connectivity index (χ4n) is 1.55. The van der Waals surface area contributed by atoms with Crippen LogP contribution in [0.25, 0.3) is 0 Å². The van der Waals surface area contributed by atoms with Crippen LogP contribution in [0.5, 0.6) is 0 Å². The number of rotatable bonds is 7. The molecule has 0 amide bonds. The molecule has 4 heteroatoms. The van der Waals surface area contributed by atoms with Crippen molar-refractivity contribution in [2.45, 2.75) is 6.42 Å². The molecule has 0 unspecified atom stereocenters. The Morgan fingerprint density at radius 1 is 1.06 bits per heavy atom. The maximum absolute atomic E-state index is 4.24. The molecule has 1 aromatic carbocycles. The number of aromatic nitrogens is 1. The summed E-state index contributed by atoms with van der Waals surface area (Å²) in [5.74, 6) is 0. The van der Waals surface area contributed by atoms with Crippen molar-refractivity contribution in [2.24, 2.45) is 0 Å². The van der Waals surface area contributed by atoms with Crippen LogP contribution in [0, 0.1) is 0 Å². The highest BCUT2D eigenvalue weighted by atomic mass is 32.1. The van der Waals surface area contributed by atoms with E-state index in [9.17, 15) is 0 Å². The summed E-state index contributed by atoms with van der Waals surface area (Å²) in [6.45, 7) is 2.91. The van der Waals surface area contributed by atoms with Gasteiger partial charge in [0.25, 0.3) is 0 Å². The van der Waals surface area contributed by atoms with E-state index in [1.165, 1.54) is 10.7 Å². The third-order valence-corrected chi connectivity index (χ3v) is 3.24. The van der Waals surface area contributed by atoms with Gasteiger partial charge in [-0.3, -0.25) is 0 Å². The third kappa shape index (κ3) is 4.54. The van der Waals surface area contributed by atoms with Gasteiger partial charge in [-0.15, -0.1) is 11.3 Å². The van der Waals surface area contributed by atoms with Gasteiger partial charge in [-0.1, -0.05) is 18.2 Å². The molecule has 1 aromatic heterocycles. The fourth-order valence-corrected chi connectivity index (χ4v) is 2.17. The van der Waals surface area contributed by atoms with Gasteiger partial charge in [0.1, 0.15) is 0 Å². The molecule has 3 nitrogen and oxygen atoms in total. The highest BCUT2D eigenvalue weighted by molar-refractivity contribution is 7.09. The predicted molar refractivity (Wildman–Crippen MR) is 73.6 cm³/mol. The van der Waals surface area contributed by atoms with Crippen molar-refractivity contribution in [1.29, 1.82) is 0 Å². The molecule has 0 saturated carbocycles. The minimum Gasteiger partial charge on any atom is -0.384 e. The molecule has 17 heavy (non-hydrogen) atoms. The summed E-state index contributed by atoms with van der Waals surface area (Å²) >= 11 is 1.72. The van der Waals surface area contributed by atoms with Gasteiger partial charge >= 0.3 is 0 Å². The minimum atomic E-state index is 0.946. The summed E-state index contributed by atoms with van der Waals surface area (Å²) in [5.41, 5.74) is 1.18. The molecular formula is C13H17N3S. The van der Waals surface area contributed by atoms with E-state index in [2.05, 4.69) is 27.8 Å². The largest absolute Gasteiger partial charge is 0.384 e. The number of nitrogens with zero attached hydrogens (tertiary/aromatic N) is 1. The number of hydrogen-bond acceptors (Lipinski definition) is 4. The number of para-hydroxylation sites is 1. The molecule has 0 radical (unpaired) electrons. The lowest BCUT2D eigenvalue weighted by Gasteiger charge is -2.06. The molecule has 0 saturated heterocycles. The quantitative estimate of drug-likeness (QED) is 0.738. The molecule has 0 spiro atoms. The summed E-state index contributed by atoms with van der Waals surface area (Å²) in [7, 11) is 0. The van der Waals surface area contributed by atoms with E-state index in [1.54, 1.807) is 11.3 Å². The van der Waals surface area contributed by atoms with Crippen molar-refractivity contribution in [3.05, 3.63) is 46.9 Å². The standard InChI is InChI=1S/C13H17N3S/c1-2-4-12(5-3-1)15-9-8-14-7-6-13-16-10-11-17-13/h1-5,10-11,14-15H,6-9H2. The Hall–Kier alpha value is -1.39. The predicted octanol–water partition coefficient (Wildman–Crippen LogP) is 2.39. The van der Waals surface area contributed by atoms with Crippen molar-refractivity contribution in [3.8, 4) is 0 Å². The van der Waals surface area contributed by atoms with Gasteiger partial charge in [-0.25, -0.2) is 4.98 Å². The zero-order valence-electron chi connectivity index (χ0n) is 9.73. The van der Waals surface area contributed by atoms with Crippen LogP contribution in [0.2, 0.25) is 0 Å². The normalized spacial score (nSPS) is 10.4. The van der Waals surface area contributed by atoms with Crippen LogP contribution in [0.15, 0.2) is 41.9 Å². The van der Waals surface area contributed by atoms with Gasteiger partial charge in [-0.2, -0.15) is 0 Å². The Labute approximate surface area is 106 Å². The maximum atomic E-state index is 4.24. The second kappa shape index (κ2) is 7.04. The summed E-state index contributed by atoms with van der Waals surface area (Å²) in [6, 6.07) is 10.3. The second-order valence-electron chi connectivity index (χ2n) is 3.72. The average Bonchev–Trinajstić information content (AvgIpc) is 2.88. The van der Waals surface area contributed by atoms with Crippen molar-refractivity contribution in [1.82, 2.24) is 10.3 Å². The molecule has 2 rings (SSSR count). The van der Waals surface area contributed by atoms with E-state index in [1.807, 2.05) is 29.8 Å². The topological polar surface area (TPSA) is 37.0 Å². The molecule has 0 aliphatic rings. The minimum absolute atomic E-state index is 0.946. The maximum Gasteiger partial charge on any atom is 0.0937 e. The molecule has 90 valence electrons. The smallest absolute Gasteiger partial charge is 0.0937 e. The molecule has 0 fully saturated rings. The number of anilines is 1. The van der Waals surface area contributed by atoms with Gasteiger partial charge in [0, 0.05) is 43.3 Å². The lowest BCUT2D eigenvalue weighted by atomic mass is 10.3. The lowest BCUT2D eigenvalue weighted by molar-refractivity contribution is 0.697. The number of hydrogen-bond donors (Lipinski definition) is 2. The molecule has 0 atom stereocenters. The molecule has 2 N–H and O–H groups in total. The lowest BCUT2D eigenvalue weighted by Crippen LogP contribution is -2.24. The van der Waals surface area contributed by atoms with E-state index < -0.39 is 0 Å². The van der Waals surface area contributed by atoms with E-state index in [0.29, 0.717) is 0 Å². The van der Waals surface area contributed by atoms with Crippen LogP contribution in [-0.4, -0.2) is 24.6 Å². The molecule has 0 aliphatic carbocycles. The molecule has 0 bridgehead atoms. The fraction of sp³-hybridized carbons (Fsp3) is 0.308. The van der Waals surface area contributed by atoms with Crippen LogP contribution in [0.1, 0.15) is 5.01 Å². The Kier molecular flexibility index (Phi) is 5.00. The van der Waals surface area contributed by atoms with Gasteiger partial charge < -0.3 is 10.6 Å². The average molecular weight is 247 g/mol. The van der Waals surface area contributed by atoms with Crippen molar-refractivity contribution in [2.75, 3.05) is 25.0 Å². The SMILES string of the molecule is c1ccc(NCCNCCc2nccs2)cc1. The Morgan fingerprint density at radius 2 is 1.94 bits per heavy atom. The summed E-state index contributed by atoms with van der Waals surface area (Å²) in [6.07, 6.45) is 2.87. The van der Waals surface area contributed by atoms with E-state index >= 15 is 0 Å². The summed E-state index contributed by atoms with van der Waals surface area (Å²) in [4.78, 5) is 4.24. The van der Waals surface area contributed by atoms with Crippen molar-refractivity contribution in [3.63, 3.8) is 0 Å². The van der Waals surface area contributed by atoms with Gasteiger partial charge in [0.05, 0.1) is 5.01 Å².